The number of nitriles is 1. The van der Waals surface area contributed by atoms with Crippen LogP contribution in [0.2, 0.25) is 0 Å². The van der Waals surface area contributed by atoms with E-state index in [0.29, 0.717) is 37.2 Å². The van der Waals surface area contributed by atoms with Crippen molar-refractivity contribution < 1.29 is 14.7 Å². The average Bonchev–Trinajstić information content (AvgIpc) is 3.09. The molecule has 12 nitrogen and oxygen atoms in total. The maximum Gasteiger partial charge on any atom is 0.404 e. The molecule has 0 atom stereocenters. The lowest BCUT2D eigenvalue weighted by atomic mass is 10.0. The Kier molecular flexibility index (Phi) is 5.71. The molecule has 164 valence electrons. The normalized spacial score (nSPS) is 14.2. The van der Waals surface area contributed by atoms with Crippen LogP contribution in [0.4, 0.5) is 22.0 Å². The van der Waals surface area contributed by atoms with Crippen molar-refractivity contribution in [3.05, 3.63) is 42.0 Å². The number of nitrogens with zero attached hydrogens (tertiary/aromatic N) is 6. The van der Waals surface area contributed by atoms with Gasteiger partial charge in [0.15, 0.2) is 11.5 Å². The molecular formula is C20H21N9O3. The zero-order valence-electron chi connectivity index (χ0n) is 17.0. The Labute approximate surface area is 182 Å². The number of nitrogen functional groups attached to an aromatic ring is 1. The quantitative estimate of drug-likeness (QED) is 0.460. The van der Waals surface area contributed by atoms with Crippen LogP contribution in [0.5, 0.6) is 0 Å². The van der Waals surface area contributed by atoms with E-state index in [1.807, 2.05) is 6.07 Å². The minimum Gasteiger partial charge on any atom is -0.465 e. The van der Waals surface area contributed by atoms with Crippen LogP contribution < -0.4 is 21.3 Å². The number of amides is 2. The Bertz CT molecular complexity index is 1210. The lowest BCUT2D eigenvalue weighted by Crippen LogP contribution is -2.44. The van der Waals surface area contributed by atoms with Crippen LogP contribution in [0.25, 0.3) is 5.65 Å². The van der Waals surface area contributed by atoms with Gasteiger partial charge in [-0.25, -0.2) is 14.3 Å². The van der Waals surface area contributed by atoms with E-state index in [1.165, 1.54) is 10.7 Å². The molecular weight excluding hydrogens is 414 g/mol. The van der Waals surface area contributed by atoms with Crippen LogP contribution in [0.1, 0.15) is 28.8 Å². The Morgan fingerprint density at radius 3 is 2.81 bits per heavy atom. The molecule has 3 aromatic heterocycles. The molecule has 32 heavy (non-hydrogen) atoms. The van der Waals surface area contributed by atoms with Crippen molar-refractivity contribution in [2.45, 2.75) is 25.3 Å². The van der Waals surface area contributed by atoms with Gasteiger partial charge in [0.25, 0.3) is 5.91 Å². The van der Waals surface area contributed by atoms with E-state index in [9.17, 15) is 9.59 Å². The summed E-state index contributed by atoms with van der Waals surface area (Å²) < 4.78 is 1.39. The second-order valence-corrected chi connectivity index (χ2v) is 7.38. The summed E-state index contributed by atoms with van der Waals surface area (Å²) in [5, 5.41) is 27.3. The number of aromatic nitrogens is 4. The van der Waals surface area contributed by atoms with Crippen molar-refractivity contribution >= 4 is 34.8 Å². The number of carboxylic acid groups (broad SMARTS) is 1. The fourth-order valence-electron chi connectivity index (χ4n) is 3.77. The van der Waals surface area contributed by atoms with E-state index >= 15 is 0 Å². The molecule has 5 N–H and O–H groups in total. The highest BCUT2D eigenvalue weighted by Crippen LogP contribution is 2.29. The molecule has 0 spiro atoms. The minimum absolute atomic E-state index is 0.0232. The smallest absolute Gasteiger partial charge is 0.404 e. The molecule has 1 fully saturated rings. The second kappa shape index (κ2) is 8.76. The third-order valence-corrected chi connectivity index (χ3v) is 5.27. The first-order chi connectivity index (χ1) is 15.5. The SMILES string of the molecule is N#CCc1cnc2c(C(=O)Nc3cnccc3N3CCC(NC(=O)O)CC3)c(N)nn2c1. The first-order valence-corrected chi connectivity index (χ1v) is 9.95. The molecule has 0 aliphatic carbocycles. The fraction of sp³-hybridized carbons (Fsp3) is 0.300. The zero-order valence-corrected chi connectivity index (χ0v) is 17.0. The summed E-state index contributed by atoms with van der Waals surface area (Å²) in [6, 6.07) is 3.74. The standard InChI is InChI=1S/C20H21N9O3/c21-5-1-12-9-24-18-16(17(22)27-29(18)11-12)19(30)26-14-10-23-6-2-15(14)28-7-3-13(4-8-28)25-20(31)32/h2,6,9-11,13,25H,1,3-4,7-8H2,(H2,22,27)(H,26,30)(H,31,32). The summed E-state index contributed by atoms with van der Waals surface area (Å²) in [6.45, 7) is 1.25. The van der Waals surface area contributed by atoms with Gasteiger partial charge in [-0.1, -0.05) is 0 Å². The van der Waals surface area contributed by atoms with Crippen molar-refractivity contribution in [2.75, 3.05) is 29.0 Å². The Morgan fingerprint density at radius 2 is 2.09 bits per heavy atom. The molecule has 1 aliphatic heterocycles. The van der Waals surface area contributed by atoms with Crippen molar-refractivity contribution in [1.29, 1.82) is 5.26 Å². The van der Waals surface area contributed by atoms with Gasteiger partial charge in [0.1, 0.15) is 5.56 Å². The van der Waals surface area contributed by atoms with Crippen LogP contribution >= 0.6 is 0 Å². The molecule has 12 heteroatoms. The van der Waals surface area contributed by atoms with Gasteiger partial charge in [-0.2, -0.15) is 5.26 Å². The second-order valence-electron chi connectivity index (χ2n) is 7.38. The summed E-state index contributed by atoms with van der Waals surface area (Å²) in [6.07, 6.45) is 6.76. The van der Waals surface area contributed by atoms with Gasteiger partial charge in [-0.15, -0.1) is 5.10 Å². The fourth-order valence-corrected chi connectivity index (χ4v) is 3.77. The molecule has 0 aromatic carbocycles. The number of carbonyl (C=O) groups is 2. The van der Waals surface area contributed by atoms with Crippen molar-refractivity contribution in [3.63, 3.8) is 0 Å². The Morgan fingerprint density at radius 1 is 1.31 bits per heavy atom. The molecule has 0 unspecified atom stereocenters. The first kappa shape index (κ1) is 20.9. The molecule has 1 aliphatic rings. The lowest BCUT2D eigenvalue weighted by Gasteiger charge is -2.34. The summed E-state index contributed by atoms with van der Waals surface area (Å²) in [5.41, 5.74) is 8.34. The zero-order chi connectivity index (χ0) is 22.7. The summed E-state index contributed by atoms with van der Waals surface area (Å²) >= 11 is 0. The highest BCUT2D eigenvalue weighted by Gasteiger charge is 2.24. The van der Waals surface area contributed by atoms with Gasteiger partial charge in [-0.05, 0) is 18.9 Å². The van der Waals surface area contributed by atoms with E-state index in [0.717, 1.165) is 5.69 Å². The summed E-state index contributed by atoms with van der Waals surface area (Å²) in [5.74, 6) is -0.454. The van der Waals surface area contributed by atoms with Gasteiger partial charge >= 0.3 is 6.09 Å². The number of hydrogen-bond donors (Lipinski definition) is 4. The number of carbonyl (C=O) groups excluding carboxylic acids is 1. The number of pyridine rings is 1. The first-order valence-electron chi connectivity index (χ1n) is 9.95. The number of rotatable bonds is 5. The molecule has 1 saturated heterocycles. The van der Waals surface area contributed by atoms with Crippen molar-refractivity contribution in [2.24, 2.45) is 0 Å². The molecule has 0 bridgehead atoms. The highest BCUT2D eigenvalue weighted by molar-refractivity contribution is 6.12. The number of nitrogens with one attached hydrogen (secondary N) is 2. The van der Waals surface area contributed by atoms with Crippen LogP contribution in [0.3, 0.4) is 0 Å². The molecule has 0 radical (unpaired) electrons. The van der Waals surface area contributed by atoms with Crippen molar-refractivity contribution in [1.82, 2.24) is 24.9 Å². The third-order valence-electron chi connectivity index (χ3n) is 5.27. The van der Waals surface area contributed by atoms with Gasteiger partial charge in [0.2, 0.25) is 0 Å². The number of nitrogens with two attached hydrogens (primary N) is 1. The number of piperidine rings is 1. The Hall–Kier alpha value is -4.40. The predicted molar refractivity (Wildman–Crippen MR) is 115 cm³/mol. The van der Waals surface area contributed by atoms with Crippen molar-refractivity contribution in [3.8, 4) is 6.07 Å². The maximum absolute atomic E-state index is 13.1. The summed E-state index contributed by atoms with van der Waals surface area (Å²) in [4.78, 5) is 34.4. The number of hydrogen-bond acceptors (Lipinski definition) is 8. The van der Waals surface area contributed by atoms with Crippen LogP contribution in [0, 0.1) is 11.3 Å². The van der Waals surface area contributed by atoms with E-state index in [-0.39, 0.29) is 29.5 Å². The van der Waals surface area contributed by atoms with E-state index in [1.54, 1.807) is 24.7 Å². The van der Waals surface area contributed by atoms with Crippen LogP contribution in [0.15, 0.2) is 30.9 Å². The van der Waals surface area contributed by atoms with Gasteiger partial charge < -0.3 is 26.4 Å². The molecule has 3 aromatic rings. The van der Waals surface area contributed by atoms with Gasteiger partial charge in [0, 0.05) is 43.3 Å². The topological polar surface area (TPSA) is 175 Å². The predicted octanol–water partition coefficient (Wildman–Crippen LogP) is 1.26. The molecule has 4 heterocycles. The summed E-state index contributed by atoms with van der Waals surface area (Å²) in [7, 11) is 0. The van der Waals surface area contributed by atoms with E-state index in [4.69, 9.17) is 16.1 Å². The van der Waals surface area contributed by atoms with Gasteiger partial charge in [-0.3, -0.25) is 9.78 Å². The largest absolute Gasteiger partial charge is 0.465 e. The van der Waals surface area contributed by atoms with Gasteiger partial charge in [0.05, 0.1) is 30.1 Å². The minimum atomic E-state index is -1.03. The third kappa shape index (κ3) is 4.22. The molecule has 0 saturated carbocycles. The van der Waals surface area contributed by atoms with E-state index < -0.39 is 12.0 Å². The molecule has 2 amide bonds. The number of fused-ring (bicyclic) bond motifs is 1. The Balaban J connectivity index is 1.55. The van der Waals surface area contributed by atoms with E-state index in [2.05, 4.69) is 30.6 Å². The average molecular weight is 435 g/mol. The van der Waals surface area contributed by atoms with Crippen LogP contribution in [-0.4, -0.2) is 55.8 Å². The highest BCUT2D eigenvalue weighted by atomic mass is 16.4. The van der Waals surface area contributed by atoms with Crippen LogP contribution in [-0.2, 0) is 6.42 Å². The monoisotopic (exact) mass is 435 g/mol. The maximum atomic E-state index is 13.1. The lowest BCUT2D eigenvalue weighted by molar-refractivity contribution is 0.102. The molecule has 4 rings (SSSR count). The number of anilines is 3.